The summed E-state index contributed by atoms with van der Waals surface area (Å²) in [5.74, 6) is 0.589. The summed E-state index contributed by atoms with van der Waals surface area (Å²) >= 11 is 9.77. The van der Waals surface area contributed by atoms with Crippen molar-refractivity contribution < 1.29 is 9.84 Å². The molecule has 0 amide bonds. The third kappa shape index (κ3) is 3.69. The fourth-order valence-corrected chi connectivity index (χ4v) is 3.23. The third-order valence-corrected chi connectivity index (χ3v) is 5.35. The Hall–Kier alpha value is -1.14. The Kier molecular flexibility index (Phi) is 5.21. The molecule has 0 atom stereocenters. The molecule has 1 aromatic heterocycles. The third-order valence-electron chi connectivity index (χ3n) is 4.05. The molecule has 122 valence electrons. The van der Waals surface area contributed by atoms with E-state index in [-0.39, 0.29) is 6.10 Å². The van der Waals surface area contributed by atoms with Crippen LogP contribution in [0.3, 0.4) is 0 Å². The second kappa shape index (κ2) is 7.18. The van der Waals surface area contributed by atoms with Crippen LogP contribution in [-0.2, 0) is 6.54 Å². The van der Waals surface area contributed by atoms with Gasteiger partial charge in [-0.3, -0.25) is 0 Å². The van der Waals surface area contributed by atoms with Crippen molar-refractivity contribution in [2.45, 2.75) is 31.5 Å². The van der Waals surface area contributed by atoms with E-state index in [9.17, 15) is 5.11 Å². The van der Waals surface area contributed by atoms with E-state index in [0.717, 1.165) is 34.1 Å². The molecule has 0 bridgehead atoms. The number of halogens is 2. The van der Waals surface area contributed by atoms with E-state index in [2.05, 4.69) is 26.2 Å². The van der Waals surface area contributed by atoms with Crippen molar-refractivity contribution in [2.75, 3.05) is 7.11 Å². The van der Waals surface area contributed by atoms with Crippen LogP contribution in [-0.4, -0.2) is 29.3 Å². The quantitative estimate of drug-likeness (QED) is 0.806. The Labute approximate surface area is 149 Å². The number of hydrogen-bond donors (Lipinski definition) is 2. The number of aromatic nitrogens is 1. The molecule has 1 aliphatic carbocycles. The zero-order valence-electron chi connectivity index (χ0n) is 12.7. The molecule has 1 aromatic carbocycles. The van der Waals surface area contributed by atoms with E-state index >= 15 is 0 Å². The van der Waals surface area contributed by atoms with Gasteiger partial charge in [0, 0.05) is 28.2 Å². The number of pyridine rings is 1. The summed E-state index contributed by atoms with van der Waals surface area (Å²) in [5.41, 5.74) is 2.63. The molecule has 1 saturated carbocycles. The number of nitrogens with one attached hydrogen (secondary N) is 1. The van der Waals surface area contributed by atoms with Crippen molar-refractivity contribution in [3.8, 4) is 17.1 Å². The minimum absolute atomic E-state index is 0.159. The Morgan fingerprint density at radius 1 is 1.35 bits per heavy atom. The topological polar surface area (TPSA) is 54.4 Å². The van der Waals surface area contributed by atoms with Crippen molar-refractivity contribution in [1.29, 1.82) is 0 Å². The van der Waals surface area contributed by atoms with Gasteiger partial charge in [0.25, 0.3) is 0 Å². The van der Waals surface area contributed by atoms with Crippen LogP contribution >= 0.6 is 27.5 Å². The van der Waals surface area contributed by atoms with E-state index < -0.39 is 0 Å². The van der Waals surface area contributed by atoms with Gasteiger partial charge in [-0.25, -0.2) is 4.98 Å². The first-order valence-electron chi connectivity index (χ1n) is 7.48. The molecule has 0 saturated heterocycles. The first-order chi connectivity index (χ1) is 11.1. The molecular weight excluding hydrogens is 380 g/mol. The molecule has 0 unspecified atom stereocenters. The zero-order chi connectivity index (χ0) is 16.4. The average Bonchev–Trinajstić information content (AvgIpc) is 2.53. The SMILES string of the molecule is COc1nc(-c2cccc(Br)c2Cl)ccc1CNC1CC(O)C1. The Bertz CT molecular complexity index is 705. The van der Waals surface area contributed by atoms with Crippen LogP contribution in [0.25, 0.3) is 11.3 Å². The van der Waals surface area contributed by atoms with Crippen molar-refractivity contribution in [3.05, 3.63) is 45.4 Å². The second-order valence-electron chi connectivity index (χ2n) is 5.67. The van der Waals surface area contributed by atoms with Crippen LogP contribution in [0.2, 0.25) is 5.02 Å². The number of hydrogen-bond acceptors (Lipinski definition) is 4. The fraction of sp³-hybridized carbons (Fsp3) is 0.353. The summed E-state index contributed by atoms with van der Waals surface area (Å²) in [5, 5.41) is 13.4. The summed E-state index contributed by atoms with van der Waals surface area (Å²) in [4.78, 5) is 4.58. The van der Waals surface area contributed by atoms with E-state index in [4.69, 9.17) is 16.3 Å². The zero-order valence-corrected chi connectivity index (χ0v) is 15.1. The highest BCUT2D eigenvalue weighted by atomic mass is 79.9. The van der Waals surface area contributed by atoms with Crippen LogP contribution in [0, 0.1) is 0 Å². The fourth-order valence-electron chi connectivity index (χ4n) is 2.64. The van der Waals surface area contributed by atoms with Gasteiger partial charge in [0.15, 0.2) is 0 Å². The molecule has 23 heavy (non-hydrogen) atoms. The molecule has 0 radical (unpaired) electrons. The van der Waals surface area contributed by atoms with E-state index in [0.29, 0.717) is 23.5 Å². The van der Waals surface area contributed by atoms with Gasteiger partial charge in [0.2, 0.25) is 5.88 Å². The van der Waals surface area contributed by atoms with Crippen molar-refractivity contribution >= 4 is 27.5 Å². The first-order valence-corrected chi connectivity index (χ1v) is 8.65. The molecule has 0 aliphatic heterocycles. The molecular formula is C17H18BrClN2O2. The van der Waals surface area contributed by atoms with Crippen molar-refractivity contribution in [3.63, 3.8) is 0 Å². The maximum Gasteiger partial charge on any atom is 0.218 e. The lowest BCUT2D eigenvalue weighted by molar-refractivity contribution is 0.0618. The lowest BCUT2D eigenvalue weighted by atomic mass is 9.89. The van der Waals surface area contributed by atoms with Gasteiger partial charge < -0.3 is 15.2 Å². The standard InChI is InChI=1S/C17H18BrClN2O2/c1-23-17-10(9-20-11-7-12(22)8-11)5-6-15(21-17)13-3-2-4-14(18)16(13)19/h2-6,11-12,20,22H,7-9H2,1H3. The van der Waals surface area contributed by atoms with E-state index in [1.807, 2.05) is 30.3 Å². The highest BCUT2D eigenvalue weighted by molar-refractivity contribution is 9.10. The lowest BCUT2D eigenvalue weighted by Crippen LogP contribution is -2.43. The number of methoxy groups -OCH3 is 1. The normalized spacial score (nSPS) is 20.2. The number of nitrogens with zero attached hydrogens (tertiary/aromatic N) is 1. The predicted octanol–water partition coefficient (Wildman–Crippen LogP) is 3.79. The Morgan fingerprint density at radius 2 is 2.13 bits per heavy atom. The minimum Gasteiger partial charge on any atom is -0.481 e. The van der Waals surface area contributed by atoms with Gasteiger partial charge in [0.05, 0.1) is 23.9 Å². The number of benzene rings is 1. The molecule has 2 N–H and O–H groups in total. The minimum atomic E-state index is -0.159. The van der Waals surface area contributed by atoms with E-state index in [1.165, 1.54) is 0 Å². The Morgan fingerprint density at radius 3 is 2.83 bits per heavy atom. The smallest absolute Gasteiger partial charge is 0.218 e. The molecule has 1 heterocycles. The van der Waals surface area contributed by atoms with Crippen LogP contribution in [0.1, 0.15) is 18.4 Å². The van der Waals surface area contributed by atoms with Crippen LogP contribution in [0.5, 0.6) is 5.88 Å². The maximum atomic E-state index is 9.33. The van der Waals surface area contributed by atoms with Gasteiger partial charge >= 0.3 is 0 Å². The second-order valence-corrected chi connectivity index (χ2v) is 6.90. The average molecular weight is 398 g/mol. The maximum absolute atomic E-state index is 9.33. The van der Waals surface area contributed by atoms with Gasteiger partial charge in [-0.2, -0.15) is 0 Å². The van der Waals surface area contributed by atoms with Gasteiger partial charge in [0.1, 0.15) is 0 Å². The van der Waals surface area contributed by atoms with Gasteiger partial charge in [-0.05, 0) is 40.9 Å². The molecule has 4 nitrogen and oxygen atoms in total. The molecule has 2 aromatic rings. The summed E-state index contributed by atoms with van der Waals surface area (Å²) < 4.78 is 6.27. The molecule has 6 heteroatoms. The number of aliphatic hydroxyl groups is 1. The monoisotopic (exact) mass is 396 g/mol. The highest BCUT2D eigenvalue weighted by Crippen LogP contribution is 2.34. The summed E-state index contributed by atoms with van der Waals surface area (Å²) in [7, 11) is 1.62. The van der Waals surface area contributed by atoms with Gasteiger partial charge in [-0.15, -0.1) is 0 Å². The molecule has 0 spiro atoms. The predicted molar refractivity (Wildman–Crippen MR) is 94.8 cm³/mol. The Balaban J connectivity index is 1.80. The molecule has 1 aliphatic rings. The van der Waals surface area contributed by atoms with Gasteiger partial charge in [-0.1, -0.05) is 29.8 Å². The number of ether oxygens (including phenoxy) is 1. The number of rotatable bonds is 5. The lowest BCUT2D eigenvalue weighted by Gasteiger charge is -2.32. The van der Waals surface area contributed by atoms with E-state index in [1.54, 1.807) is 7.11 Å². The van der Waals surface area contributed by atoms with Crippen molar-refractivity contribution in [1.82, 2.24) is 10.3 Å². The number of aliphatic hydroxyl groups excluding tert-OH is 1. The largest absolute Gasteiger partial charge is 0.481 e. The molecule has 3 rings (SSSR count). The van der Waals surface area contributed by atoms with Crippen LogP contribution in [0.4, 0.5) is 0 Å². The summed E-state index contributed by atoms with van der Waals surface area (Å²) in [6.45, 7) is 0.667. The summed E-state index contributed by atoms with van der Waals surface area (Å²) in [6, 6.07) is 10.1. The van der Waals surface area contributed by atoms with Crippen molar-refractivity contribution in [2.24, 2.45) is 0 Å². The highest BCUT2D eigenvalue weighted by Gasteiger charge is 2.26. The first kappa shape index (κ1) is 16.7. The van der Waals surface area contributed by atoms with Crippen LogP contribution < -0.4 is 10.1 Å². The summed E-state index contributed by atoms with van der Waals surface area (Å²) in [6.07, 6.45) is 1.46. The van der Waals surface area contributed by atoms with Crippen LogP contribution in [0.15, 0.2) is 34.8 Å². The molecule has 1 fully saturated rings.